The Balaban J connectivity index is 1.79. The quantitative estimate of drug-likeness (QED) is 0.623. The van der Waals surface area contributed by atoms with Gasteiger partial charge in [-0.2, -0.15) is 0 Å². The molecule has 0 spiro atoms. The predicted molar refractivity (Wildman–Crippen MR) is 123 cm³/mol. The molecule has 0 bridgehead atoms. The molecule has 0 amide bonds. The summed E-state index contributed by atoms with van der Waals surface area (Å²) in [5.74, 6) is 2.08. The van der Waals surface area contributed by atoms with Crippen LogP contribution >= 0.6 is 0 Å². The van der Waals surface area contributed by atoms with Crippen LogP contribution in [0.1, 0.15) is 82.6 Å². The molecule has 4 atom stereocenters. The first kappa shape index (κ1) is 19.6. The summed E-state index contributed by atoms with van der Waals surface area (Å²) in [7, 11) is 4.29. The molecule has 2 nitrogen and oxygen atoms in total. The van der Waals surface area contributed by atoms with E-state index in [1.807, 2.05) is 0 Å². The Morgan fingerprint density at radius 1 is 0.897 bits per heavy atom. The summed E-state index contributed by atoms with van der Waals surface area (Å²) in [5.41, 5.74) is 15.7. The van der Waals surface area contributed by atoms with Crippen LogP contribution in [-0.4, -0.2) is 19.0 Å². The maximum atomic E-state index is 7.30. The Labute approximate surface area is 177 Å². The van der Waals surface area contributed by atoms with Crippen LogP contribution in [0.2, 0.25) is 0 Å². The molecule has 0 aromatic heterocycles. The third-order valence-electron chi connectivity index (χ3n) is 8.94. The zero-order chi connectivity index (χ0) is 20.9. The maximum absolute atomic E-state index is 7.30. The summed E-state index contributed by atoms with van der Waals surface area (Å²) in [6, 6.07) is 5.02. The van der Waals surface area contributed by atoms with Crippen molar-refractivity contribution < 1.29 is 0 Å². The van der Waals surface area contributed by atoms with Crippen LogP contribution < -0.4 is 5.73 Å². The molecule has 4 aliphatic carbocycles. The minimum atomic E-state index is -0.527. The van der Waals surface area contributed by atoms with Crippen LogP contribution in [0.5, 0.6) is 0 Å². The Bertz CT molecular complexity index is 946. The SMILES string of the molecule is CC1CCC2C=C3C(=CC12)C(N)(N(C)C)c1cc2c(cc13)C(C)(C)CCC2(C)C. The molecule has 0 radical (unpaired) electrons. The first-order valence-corrected chi connectivity index (χ1v) is 11.6. The van der Waals surface area contributed by atoms with Crippen LogP contribution in [0.4, 0.5) is 0 Å². The van der Waals surface area contributed by atoms with Crippen molar-refractivity contribution >= 4 is 5.57 Å². The molecular formula is C27H38N2. The molecule has 2 N–H and O–H groups in total. The molecule has 0 aliphatic heterocycles. The molecule has 5 rings (SSSR count). The Morgan fingerprint density at radius 3 is 2.14 bits per heavy atom. The second kappa shape index (κ2) is 5.86. The van der Waals surface area contributed by atoms with E-state index in [1.165, 1.54) is 59.1 Å². The highest BCUT2D eigenvalue weighted by atomic mass is 15.2. The molecule has 0 heterocycles. The van der Waals surface area contributed by atoms with Crippen molar-refractivity contribution in [1.82, 2.24) is 4.90 Å². The third-order valence-corrected chi connectivity index (χ3v) is 8.94. The fourth-order valence-corrected chi connectivity index (χ4v) is 6.68. The monoisotopic (exact) mass is 390 g/mol. The van der Waals surface area contributed by atoms with E-state index in [4.69, 9.17) is 5.73 Å². The van der Waals surface area contributed by atoms with Gasteiger partial charge >= 0.3 is 0 Å². The van der Waals surface area contributed by atoms with E-state index in [1.54, 1.807) is 0 Å². The highest BCUT2D eigenvalue weighted by Crippen LogP contribution is 2.57. The van der Waals surface area contributed by atoms with Gasteiger partial charge in [0.1, 0.15) is 5.66 Å². The lowest BCUT2D eigenvalue weighted by molar-refractivity contribution is 0.210. The molecule has 156 valence electrons. The highest BCUT2D eigenvalue weighted by molar-refractivity contribution is 5.91. The van der Waals surface area contributed by atoms with Crippen molar-refractivity contribution in [3.05, 3.63) is 52.1 Å². The number of allylic oxidation sites excluding steroid dienone is 2. The molecule has 4 aliphatic rings. The number of nitrogens with zero attached hydrogens (tertiary/aromatic N) is 1. The Hall–Kier alpha value is -1.38. The van der Waals surface area contributed by atoms with Gasteiger partial charge in [-0.05, 0) is 108 Å². The highest BCUT2D eigenvalue weighted by Gasteiger charge is 2.50. The van der Waals surface area contributed by atoms with E-state index in [-0.39, 0.29) is 10.8 Å². The van der Waals surface area contributed by atoms with Gasteiger partial charge in [-0.3, -0.25) is 4.90 Å². The zero-order valence-electron chi connectivity index (χ0n) is 19.4. The van der Waals surface area contributed by atoms with E-state index < -0.39 is 5.66 Å². The van der Waals surface area contributed by atoms with E-state index in [0.29, 0.717) is 11.8 Å². The maximum Gasteiger partial charge on any atom is 0.122 e. The fourth-order valence-electron chi connectivity index (χ4n) is 6.68. The number of hydrogen-bond donors (Lipinski definition) is 1. The summed E-state index contributed by atoms with van der Waals surface area (Å²) in [4.78, 5) is 2.24. The number of likely N-dealkylation sites (N-methyl/N-ethyl adjacent to an activating group) is 1. The smallest absolute Gasteiger partial charge is 0.122 e. The predicted octanol–water partition coefficient (Wildman–Crippen LogP) is 5.71. The fraction of sp³-hybridized carbons (Fsp3) is 0.630. The lowest BCUT2D eigenvalue weighted by Crippen LogP contribution is -2.50. The second-order valence-corrected chi connectivity index (χ2v) is 11.8. The average Bonchev–Trinajstić information content (AvgIpc) is 3.14. The first-order valence-electron chi connectivity index (χ1n) is 11.6. The van der Waals surface area contributed by atoms with Crippen LogP contribution in [0, 0.1) is 17.8 Å². The molecule has 1 aromatic carbocycles. The van der Waals surface area contributed by atoms with Gasteiger partial charge in [-0.1, -0.05) is 52.8 Å². The number of benzene rings is 1. The van der Waals surface area contributed by atoms with Gasteiger partial charge in [0.2, 0.25) is 0 Å². The van der Waals surface area contributed by atoms with Crippen molar-refractivity contribution in [2.75, 3.05) is 14.1 Å². The molecule has 2 heteroatoms. The van der Waals surface area contributed by atoms with Crippen LogP contribution in [0.25, 0.3) is 5.57 Å². The topological polar surface area (TPSA) is 29.3 Å². The number of fused-ring (bicyclic) bond motifs is 5. The molecular weight excluding hydrogens is 352 g/mol. The normalized spacial score (nSPS) is 36.1. The minimum absolute atomic E-state index is 0.203. The van der Waals surface area contributed by atoms with Gasteiger partial charge in [-0.15, -0.1) is 0 Å². The standard InChI is InChI=1S/C27H38N2/c1-16-8-9-17-12-19-20-14-23-24(26(4,5)11-10-25(23,2)3)15-22(20)27(28,29(6)7)21(19)13-18(16)17/h12-18H,8-11,28H2,1-7H3. The van der Waals surface area contributed by atoms with Crippen molar-refractivity contribution in [3.63, 3.8) is 0 Å². The van der Waals surface area contributed by atoms with Crippen LogP contribution in [0.15, 0.2) is 29.9 Å². The van der Waals surface area contributed by atoms with Gasteiger partial charge in [0.15, 0.2) is 0 Å². The molecule has 1 aromatic rings. The van der Waals surface area contributed by atoms with Crippen molar-refractivity contribution in [2.45, 2.75) is 76.8 Å². The summed E-state index contributed by atoms with van der Waals surface area (Å²) < 4.78 is 0. The van der Waals surface area contributed by atoms with Crippen molar-refractivity contribution in [3.8, 4) is 0 Å². The number of hydrogen-bond acceptors (Lipinski definition) is 2. The van der Waals surface area contributed by atoms with Gasteiger partial charge in [0.05, 0.1) is 0 Å². The average molecular weight is 391 g/mol. The summed E-state index contributed by atoms with van der Waals surface area (Å²) in [6.07, 6.45) is 10.3. The van der Waals surface area contributed by atoms with Gasteiger partial charge in [0, 0.05) is 0 Å². The van der Waals surface area contributed by atoms with Gasteiger partial charge in [-0.25, -0.2) is 0 Å². The van der Waals surface area contributed by atoms with E-state index in [2.05, 4.69) is 77.9 Å². The zero-order valence-corrected chi connectivity index (χ0v) is 19.4. The Kier molecular flexibility index (Phi) is 3.95. The second-order valence-electron chi connectivity index (χ2n) is 11.8. The van der Waals surface area contributed by atoms with E-state index in [0.717, 1.165) is 5.92 Å². The summed E-state index contributed by atoms with van der Waals surface area (Å²) in [6.45, 7) is 12.1. The first-order chi connectivity index (χ1) is 13.5. The van der Waals surface area contributed by atoms with Gasteiger partial charge in [0.25, 0.3) is 0 Å². The third kappa shape index (κ3) is 2.48. The number of nitrogens with two attached hydrogens (primary N) is 1. The summed E-state index contributed by atoms with van der Waals surface area (Å²) in [5, 5.41) is 0. The molecule has 1 fully saturated rings. The van der Waals surface area contributed by atoms with Crippen molar-refractivity contribution in [2.24, 2.45) is 23.5 Å². The van der Waals surface area contributed by atoms with Crippen LogP contribution in [-0.2, 0) is 16.5 Å². The molecule has 1 saturated carbocycles. The largest absolute Gasteiger partial charge is 0.305 e. The lowest BCUT2D eigenvalue weighted by atomic mass is 9.62. The Morgan fingerprint density at radius 2 is 1.52 bits per heavy atom. The molecule has 4 unspecified atom stereocenters. The van der Waals surface area contributed by atoms with Crippen molar-refractivity contribution in [1.29, 1.82) is 0 Å². The molecule has 29 heavy (non-hydrogen) atoms. The van der Waals surface area contributed by atoms with E-state index in [9.17, 15) is 0 Å². The number of rotatable bonds is 1. The molecule has 0 saturated heterocycles. The van der Waals surface area contributed by atoms with E-state index >= 15 is 0 Å². The minimum Gasteiger partial charge on any atom is -0.305 e. The van der Waals surface area contributed by atoms with Gasteiger partial charge < -0.3 is 5.73 Å². The summed E-state index contributed by atoms with van der Waals surface area (Å²) >= 11 is 0. The lowest BCUT2D eigenvalue weighted by Gasteiger charge is -2.43. The van der Waals surface area contributed by atoms with Crippen LogP contribution in [0.3, 0.4) is 0 Å².